The molecule has 0 saturated carbocycles. The summed E-state index contributed by atoms with van der Waals surface area (Å²) in [6.07, 6.45) is 0.874. The quantitative estimate of drug-likeness (QED) is 0.287. The number of ketones is 1. The van der Waals surface area contributed by atoms with Crippen molar-refractivity contribution in [1.82, 2.24) is 5.16 Å². The Morgan fingerprint density at radius 2 is 1.94 bits per heavy atom. The van der Waals surface area contributed by atoms with Gasteiger partial charge in [-0.25, -0.2) is 0 Å². The fraction of sp³-hybridized carbons (Fsp3) is 0.208. The van der Waals surface area contributed by atoms with Crippen LogP contribution in [0, 0.1) is 6.92 Å². The fourth-order valence-corrected chi connectivity index (χ4v) is 4.03. The summed E-state index contributed by atoms with van der Waals surface area (Å²) in [5, 5.41) is 15.1. The number of ether oxygens (including phenoxy) is 1. The molecule has 4 rings (SSSR count). The number of benzene rings is 2. The Hall–Kier alpha value is -3.39. The minimum atomic E-state index is -0.868. The van der Waals surface area contributed by atoms with Crippen LogP contribution < -0.4 is 9.64 Å². The molecule has 1 aliphatic heterocycles. The minimum Gasteiger partial charge on any atom is -0.507 e. The smallest absolute Gasteiger partial charge is 0.301 e. The van der Waals surface area contributed by atoms with Crippen molar-refractivity contribution >= 4 is 39.2 Å². The molecule has 1 atom stereocenters. The first-order valence-corrected chi connectivity index (χ1v) is 10.9. The number of aliphatic hydroxyl groups is 1. The van der Waals surface area contributed by atoms with Crippen molar-refractivity contribution in [3.05, 3.63) is 81.5 Å². The van der Waals surface area contributed by atoms with Crippen molar-refractivity contribution in [2.45, 2.75) is 26.3 Å². The summed E-state index contributed by atoms with van der Waals surface area (Å²) in [6, 6.07) is 14.7. The lowest BCUT2D eigenvalue weighted by Gasteiger charge is -2.23. The lowest BCUT2D eigenvalue weighted by molar-refractivity contribution is -0.132. The van der Waals surface area contributed by atoms with E-state index in [0.29, 0.717) is 29.2 Å². The van der Waals surface area contributed by atoms with Crippen LogP contribution in [-0.2, 0) is 9.59 Å². The number of halogens is 1. The molecule has 0 unspecified atom stereocenters. The van der Waals surface area contributed by atoms with Crippen LogP contribution in [0.2, 0.25) is 0 Å². The molecule has 0 radical (unpaired) electrons. The number of hydrogen-bond donors (Lipinski definition) is 1. The zero-order valence-corrected chi connectivity index (χ0v) is 19.1. The van der Waals surface area contributed by atoms with Crippen molar-refractivity contribution in [2.24, 2.45) is 0 Å². The molecular formula is C24H21BrN2O5. The Labute approximate surface area is 193 Å². The third-order valence-corrected chi connectivity index (χ3v) is 5.57. The molecule has 3 aromatic rings. The maximum absolute atomic E-state index is 13.1. The first kappa shape index (κ1) is 21.8. The standard InChI is InChI=1S/C24H21BrN2O5/c1-3-11-31-18-9-7-15(8-10-18)22(28)20-21(16-5-4-6-17(25)13-16)27(24(30)23(20)29)19-12-14(2)32-26-19/h4-10,12-13,21,28H,3,11H2,1-2H3/t21-/m0/s1. The van der Waals surface area contributed by atoms with Gasteiger partial charge in [0.1, 0.15) is 17.3 Å². The van der Waals surface area contributed by atoms with Gasteiger partial charge in [-0.15, -0.1) is 0 Å². The number of nitrogens with zero attached hydrogens (tertiary/aromatic N) is 2. The molecule has 1 aromatic heterocycles. The van der Waals surface area contributed by atoms with Gasteiger partial charge >= 0.3 is 5.91 Å². The highest BCUT2D eigenvalue weighted by molar-refractivity contribution is 9.10. The number of aromatic nitrogens is 1. The third-order valence-electron chi connectivity index (χ3n) is 5.07. The van der Waals surface area contributed by atoms with E-state index < -0.39 is 17.7 Å². The summed E-state index contributed by atoms with van der Waals surface area (Å²) in [6.45, 7) is 4.29. The van der Waals surface area contributed by atoms with Gasteiger partial charge in [-0.1, -0.05) is 40.1 Å². The summed E-state index contributed by atoms with van der Waals surface area (Å²) in [5.74, 6) is -0.481. The molecule has 1 fully saturated rings. The molecule has 1 amide bonds. The van der Waals surface area contributed by atoms with Gasteiger partial charge in [-0.3, -0.25) is 14.5 Å². The number of hydrogen-bond acceptors (Lipinski definition) is 6. The maximum Gasteiger partial charge on any atom is 0.301 e. The van der Waals surface area contributed by atoms with Gasteiger partial charge in [-0.2, -0.15) is 0 Å². The van der Waals surface area contributed by atoms with Gasteiger partial charge in [0.05, 0.1) is 18.2 Å². The highest BCUT2D eigenvalue weighted by atomic mass is 79.9. The number of anilines is 1. The number of amides is 1. The van der Waals surface area contributed by atoms with Crippen molar-refractivity contribution in [3.63, 3.8) is 0 Å². The van der Waals surface area contributed by atoms with E-state index in [4.69, 9.17) is 9.26 Å². The van der Waals surface area contributed by atoms with Crippen LogP contribution in [0.5, 0.6) is 5.75 Å². The summed E-state index contributed by atoms with van der Waals surface area (Å²) >= 11 is 3.44. The van der Waals surface area contributed by atoms with Crippen LogP contribution >= 0.6 is 15.9 Å². The van der Waals surface area contributed by atoms with Crippen LogP contribution in [0.1, 0.15) is 36.3 Å². The molecule has 0 aliphatic carbocycles. The molecular weight excluding hydrogens is 476 g/mol. The second-order valence-electron chi connectivity index (χ2n) is 7.39. The van der Waals surface area contributed by atoms with E-state index in [0.717, 1.165) is 10.9 Å². The molecule has 2 aromatic carbocycles. The molecule has 32 heavy (non-hydrogen) atoms. The van der Waals surface area contributed by atoms with E-state index in [-0.39, 0.29) is 17.2 Å². The molecule has 0 bridgehead atoms. The van der Waals surface area contributed by atoms with Crippen LogP contribution in [0.25, 0.3) is 5.76 Å². The van der Waals surface area contributed by atoms with E-state index in [9.17, 15) is 14.7 Å². The Kier molecular flexibility index (Phi) is 6.14. The number of aliphatic hydroxyl groups excluding tert-OH is 1. The Bertz CT molecular complexity index is 1200. The minimum absolute atomic E-state index is 0.0176. The highest BCUT2D eigenvalue weighted by Gasteiger charge is 2.48. The van der Waals surface area contributed by atoms with Crippen molar-refractivity contribution in [3.8, 4) is 5.75 Å². The Morgan fingerprint density at radius 1 is 1.19 bits per heavy atom. The van der Waals surface area contributed by atoms with Gasteiger partial charge in [-0.05, 0) is 55.3 Å². The number of rotatable bonds is 6. The number of carbonyl (C=O) groups is 2. The van der Waals surface area contributed by atoms with Crippen LogP contribution in [0.4, 0.5) is 5.82 Å². The largest absolute Gasteiger partial charge is 0.507 e. The van der Waals surface area contributed by atoms with E-state index in [2.05, 4.69) is 21.1 Å². The molecule has 1 saturated heterocycles. The van der Waals surface area contributed by atoms with Crippen LogP contribution in [-0.4, -0.2) is 28.6 Å². The average molecular weight is 497 g/mol. The predicted octanol–water partition coefficient (Wildman–Crippen LogP) is 5.16. The van der Waals surface area contributed by atoms with Gasteiger partial charge < -0.3 is 14.4 Å². The zero-order valence-electron chi connectivity index (χ0n) is 17.5. The summed E-state index contributed by atoms with van der Waals surface area (Å²) < 4.78 is 11.5. The fourth-order valence-electron chi connectivity index (χ4n) is 3.61. The third kappa shape index (κ3) is 4.05. The lowest BCUT2D eigenvalue weighted by Crippen LogP contribution is -2.29. The number of carbonyl (C=O) groups excluding carboxylic acids is 2. The molecule has 1 aliphatic rings. The van der Waals surface area contributed by atoms with E-state index in [1.54, 1.807) is 55.5 Å². The van der Waals surface area contributed by atoms with Crippen molar-refractivity contribution in [1.29, 1.82) is 0 Å². The molecule has 8 heteroatoms. The van der Waals surface area contributed by atoms with Crippen LogP contribution in [0.15, 0.2) is 69.2 Å². The summed E-state index contributed by atoms with van der Waals surface area (Å²) in [7, 11) is 0. The SMILES string of the molecule is CCCOc1ccc(C(O)=C2C(=O)C(=O)N(c3cc(C)on3)[C@H]2c2cccc(Br)c2)cc1. The number of Topliss-reactive ketones (excluding diaryl/α,β-unsaturated/α-hetero) is 1. The topological polar surface area (TPSA) is 92.9 Å². The molecule has 7 nitrogen and oxygen atoms in total. The molecule has 2 heterocycles. The second kappa shape index (κ2) is 9.00. The zero-order chi connectivity index (χ0) is 22.8. The molecule has 164 valence electrons. The Balaban J connectivity index is 1.84. The average Bonchev–Trinajstić information content (AvgIpc) is 3.33. The first-order chi connectivity index (χ1) is 15.4. The van der Waals surface area contributed by atoms with Crippen molar-refractivity contribution < 1.29 is 24.0 Å². The Morgan fingerprint density at radius 3 is 2.56 bits per heavy atom. The second-order valence-corrected chi connectivity index (χ2v) is 8.31. The molecule has 0 spiro atoms. The predicted molar refractivity (Wildman–Crippen MR) is 122 cm³/mol. The summed E-state index contributed by atoms with van der Waals surface area (Å²) in [5.41, 5.74) is 1.03. The van der Waals surface area contributed by atoms with Gasteiger partial charge in [0.25, 0.3) is 5.78 Å². The first-order valence-electron chi connectivity index (χ1n) is 10.1. The molecule has 1 N–H and O–H groups in total. The van der Waals surface area contributed by atoms with E-state index in [1.807, 2.05) is 13.0 Å². The van der Waals surface area contributed by atoms with Gasteiger partial charge in [0.2, 0.25) is 0 Å². The van der Waals surface area contributed by atoms with Crippen LogP contribution in [0.3, 0.4) is 0 Å². The monoisotopic (exact) mass is 496 g/mol. The summed E-state index contributed by atoms with van der Waals surface area (Å²) in [4.78, 5) is 27.4. The van der Waals surface area contributed by atoms with E-state index in [1.165, 1.54) is 4.90 Å². The lowest BCUT2D eigenvalue weighted by atomic mass is 9.95. The normalized spacial score (nSPS) is 17.7. The highest BCUT2D eigenvalue weighted by Crippen LogP contribution is 2.42. The van der Waals surface area contributed by atoms with Gasteiger partial charge in [0, 0.05) is 16.1 Å². The maximum atomic E-state index is 13.1. The van der Waals surface area contributed by atoms with Gasteiger partial charge in [0.15, 0.2) is 5.82 Å². The number of aryl methyl sites for hydroxylation is 1. The van der Waals surface area contributed by atoms with Crippen molar-refractivity contribution in [2.75, 3.05) is 11.5 Å². The van der Waals surface area contributed by atoms with E-state index >= 15 is 0 Å².